The third-order valence-electron chi connectivity index (χ3n) is 14.7. The molecule has 332 valence electrons. The zero-order chi connectivity index (χ0) is 42.5. The van der Waals surface area contributed by atoms with Crippen LogP contribution in [-0.2, 0) is 17.6 Å². The van der Waals surface area contributed by atoms with Gasteiger partial charge in [-0.15, -0.1) is 0 Å². The highest BCUT2D eigenvalue weighted by molar-refractivity contribution is 5.60. The minimum absolute atomic E-state index is 0.0860. The topological polar surface area (TPSA) is 35.0 Å². The number of hydrogen-bond acceptors (Lipinski definition) is 3. The van der Waals surface area contributed by atoms with Gasteiger partial charge in [-0.25, -0.2) is 0 Å². The minimum Gasteiger partial charge on any atom is -0.365 e. The highest BCUT2D eigenvalue weighted by atomic mass is 16.5. The molecule has 61 heavy (non-hydrogen) atoms. The van der Waals surface area contributed by atoms with Crippen LogP contribution in [0, 0.1) is 23.7 Å². The molecule has 3 nitrogen and oxygen atoms in total. The molecule has 6 rings (SSSR count). The van der Waals surface area contributed by atoms with Gasteiger partial charge in [-0.2, -0.15) is 0 Å². The van der Waals surface area contributed by atoms with E-state index in [1.54, 1.807) is 0 Å². The highest BCUT2D eigenvalue weighted by Gasteiger charge is 2.36. The van der Waals surface area contributed by atoms with Gasteiger partial charge in [0.2, 0.25) is 0 Å². The fourth-order valence-electron chi connectivity index (χ4n) is 10.7. The molecule has 0 N–H and O–H groups in total. The fourth-order valence-corrected chi connectivity index (χ4v) is 10.7. The summed E-state index contributed by atoms with van der Waals surface area (Å²) in [6.07, 6.45) is 38.3. The maximum atomic E-state index is 7.75. The summed E-state index contributed by atoms with van der Waals surface area (Å²) in [6.45, 7) is 9.25. The average molecular weight is 825 g/mol. The van der Waals surface area contributed by atoms with Crippen molar-refractivity contribution in [2.24, 2.45) is 23.7 Å². The summed E-state index contributed by atoms with van der Waals surface area (Å²) in [4.78, 5) is 9.91. The van der Waals surface area contributed by atoms with Crippen LogP contribution >= 0.6 is 0 Å². The summed E-state index contributed by atoms with van der Waals surface area (Å²) in [6, 6.07) is 27.9. The first-order chi connectivity index (χ1) is 30.1. The van der Waals surface area contributed by atoms with E-state index < -0.39 is 0 Å². The number of benzene rings is 2. The number of ether oxygens (including phenoxy) is 1. The number of hydrogen-bond donors (Lipinski definition) is 0. The second-order valence-corrected chi connectivity index (χ2v) is 19.5. The average Bonchev–Trinajstić information content (AvgIpc) is 3.31. The van der Waals surface area contributed by atoms with Crippen molar-refractivity contribution in [2.75, 3.05) is 0 Å². The zero-order valence-corrected chi connectivity index (χ0v) is 39.2. The molecule has 2 heterocycles. The molecule has 2 aliphatic rings. The first kappa shape index (κ1) is 47.2. The number of rotatable bonds is 26. The fraction of sp³-hybridized carbons (Fsp3) is 0.621. The Morgan fingerprint density at radius 1 is 0.426 bits per heavy atom. The smallest absolute Gasteiger partial charge is 0.0861 e. The third-order valence-corrected chi connectivity index (χ3v) is 14.7. The van der Waals surface area contributed by atoms with Crippen LogP contribution in [0.5, 0.6) is 0 Å². The van der Waals surface area contributed by atoms with Gasteiger partial charge in [0.05, 0.1) is 23.6 Å². The summed E-state index contributed by atoms with van der Waals surface area (Å²) < 4.78 is 7.75. The maximum absolute atomic E-state index is 7.75. The molecular formula is C58H84N2O. The van der Waals surface area contributed by atoms with E-state index in [2.05, 4.69) is 113 Å². The van der Waals surface area contributed by atoms with Crippen LogP contribution in [0.3, 0.4) is 0 Å². The monoisotopic (exact) mass is 825 g/mol. The molecule has 3 heteroatoms. The maximum Gasteiger partial charge on any atom is 0.0861 e. The molecule has 2 aromatic carbocycles. The molecule has 2 aromatic heterocycles. The quantitative estimate of drug-likeness (QED) is 0.0592. The molecule has 0 amide bonds. The summed E-state index contributed by atoms with van der Waals surface area (Å²) >= 11 is 0. The molecule has 0 radical (unpaired) electrons. The van der Waals surface area contributed by atoms with Gasteiger partial charge in [-0.1, -0.05) is 204 Å². The second kappa shape index (κ2) is 26.4. The van der Waals surface area contributed by atoms with E-state index in [1.165, 1.54) is 187 Å². The van der Waals surface area contributed by atoms with Gasteiger partial charge in [0, 0.05) is 23.5 Å². The van der Waals surface area contributed by atoms with Crippen LogP contribution in [0.1, 0.15) is 216 Å². The molecule has 2 atom stereocenters. The summed E-state index contributed by atoms with van der Waals surface area (Å²) in [5.74, 6) is 2.82. The summed E-state index contributed by atoms with van der Waals surface area (Å²) in [5, 5.41) is 0. The largest absolute Gasteiger partial charge is 0.365 e. The Bertz CT molecular complexity index is 1600. The van der Waals surface area contributed by atoms with Crippen molar-refractivity contribution in [1.82, 2.24) is 9.97 Å². The molecule has 0 saturated heterocycles. The van der Waals surface area contributed by atoms with Crippen molar-refractivity contribution in [3.05, 3.63) is 107 Å². The van der Waals surface area contributed by atoms with Crippen molar-refractivity contribution in [3.8, 4) is 22.5 Å². The van der Waals surface area contributed by atoms with Crippen LogP contribution in [0.25, 0.3) is 22.5 Å². The third kappa shape index (κ3) is 14.9. The molecule has 0 spiro atoms. The lowest BCUT2D eigenvalue weighted by Crippen LogP contribution is -2.28. The van der Waals surface area contributed by atoms with Gasteiger partial charge in [0.25, 0.3) is 0 Å². The Labute approximate surface area is 373 Å². The van der Waals surface area contributed by atoms with Crippen LogP contribution in [0.2, 0.25) is 0 Å². The Morgan fingerprint density at radius 2 is 0.803 bits per heavy atom. The Kier molecular flexibility index (Phi) is 20.4. The van der Waals surface area contributed by atoms with Crippen molar-refractivity contribution in [2.45, 2.75) is 207 Å². The summed E-state index contributed by atoms with van der Waals surface area (Å²) in [7, 11) is 0. The molecule has 0 bridgehead atoms. The molecule has 2 fully saturated rings. The molecular weight excluding hydrogens is 741 g/mol. The van der Waals surface area contributed by atoms with E-state index in [0.717, 1.165) is 36.1 Å². The van der Waals surface area contributed by atoms with Gasteiger partial charge < -0.3 is 4.74 Å². The van der Waals surface area contributed by atoms with Gasteiger partial charge >= 0.3 is 0 Å². The zero-order valence-electron chi connectivity index (χ0n) is 39.2. The van der Waals surface area contributed by atoms with Gasteiger partial charge in [0.15, 0.2) is 0 Å². The Morgan fingerprint density at radius 3 is 1.15 bits per heavy atom. The van der Waals surface area contributed by atoms with Crippen molar-refractivity contribution < 1.29 is 4.74 Å². The molecule has 2 aliphatic carbocycles. The number of aryl methyl sites for hydroxylation is 2. The molecule has 0 aliphatic heterocycles. The second-order valence-electron chi connectivity index (χ2n) is 19.5. The van der Waals surface area contributed by atoms with E-state index in [9.17, 15) is 0 Å². The van der Waals surface area contributed by atoms with Crippen molar-refractivity contribution >= 4 is 0 Å². The van der Waals surface area contributed by atoms with E-state index in [4.69, 9.17) is 14.7 Å². The number of unbranched alkanes of at least 4 members (excludes halogenated alkanes) is 10. The van der Waals surface area contributed by atoms with Crippen LogP contribution in [0.4, 0.5) is 0 Å². The predicted molar refractivity (Wildman–Crippen MR) is 261 cm³/mol. The van der Waals surface area contributed by atoms with E-state index in [0.29, 0.717) is 11.8 Å². The number of pyridine rings is 2. The van der Waals surface area contributed by atoms with E-state index >= 15 is 0 Å². The first-order valence-corrected chi connectivity index (χ1v) is 25.8. The predicted octanol–water partition coefficient (Wildman–Crippen LogP) is 17.6. The van der Waals surface area contributed by atoms with Crippen molar-refractivity contribution in [3.63, 3.8) is 0 Å². The van der Waals surface area contributed by atoms with Gasteiger partial charge in [-0.05, 0) is 109 Å². The highest BCUT2D eigenvalue weighted by Crippen LogP contribution is 2.47. The minimum atomic E-state index is 0.0860. The van der Waals surface area contributed by atoms with Crippen LogP contribution < -0.4 is 0 Å². The van der Waals surface area contributed by atoms with E-state index in [-0.39, 0.29) is 12.2 Å². The molecule has 2 unspecified atom stereocenters. The number of nitrogens with zero attached hydrogens (tertiary/aromatic N) is 2. The lowest BCUT2D eigenvalue weighted by Gasteiger charge is -2.40. The van der Waals surface area contributed by atoms with Crippen LogP contribution in [0.15, 0.2) is 85.2 Å². The lowest BCUT2D eigenvalue weighted by atomic mass is 9.74. The number of aromatic nitrogens is 2. The standard InChI is InChI=1S/C58H84N2O/c1-5-9-13-15-17-21-47-27-41-55(59-43-47)49-33-37-53(38-34-49)57(51-29-23-45(24-30-51)19-11-7-3)61-58(52-31-25-46(26-32-52)20-12-8-4)54-39-35-50(36-40-54)56-42-28-48(44-60-56)22-18-16-14-10-6-2/h27-28,33-46,51-52,57-58H,5-26,29-32H2,1-4H3. The molecule has 2 saturated carbocycles. The first-order valence-electron chi connectivity index (χ1n) is 25.8. The van der Waals surface area contributed by atoms with Gasteiger partial charge in [0.1, 0.15) is 0 Å². The Hall–Kier alpha value is -3.30. The summed E-state index contributed by atoms with van der Waals surface area (Å²) in [5.41, 5.74) is 9.94. The Balaban J connectivity index is 1.21. The molecule has 4 aromatic rings. The SMILES string of the molecule is CCCCCCCc1ccc(-c2ccc(C(OC(c3ccc(-c4ccc(CCCCCCC)cn4)cc3)C3CCC(CCCC)CC3)C3CCC(CCCC)CC3)cc2)nc1. The van der Waals surface area contributed by atoms with Gasteiger partial charge in [-0.3, -0.25) is 9.97 Å². The van der Waals surface area contributed by atoms with E-state index in [1.807, 2.05) is 0 Å². The normalized spacial score (nSPS) is 20.4. The van der Waals surface area contributed by atoms with Crippen LogP contribution in [-0.4, -0.2) is 9.97 Å². The lowest BCUT2D eigenvalue weighted by molar-refractivity contribution is -0.0907. The van der Waals surface area contributed by atoms with Crippen molar-refractivity contribution in [1.29, 1.82) is 0 Å².